The van der Waals surface area contributed by atoms with Crippen LogP contribution in [0.15, 0.2) is 52.1 Å². The largest absolute Gasteiger partial charge is 0.488 e. The van der Waals surface area contributed by atoms with E-state index in [-0.39, 0.29) is 20.7 Å². The zero-order valence-electron chi connectivity index (χ0n) is 8.82. The summed E-state index contributed by atoms with van der Waals surface area (Å²) in [6.45, 7) is 2.67. The molecule has 0 aliphatic heterocycles. The van der Waals surface area contributed by atoms with E-state index < -0.39 is 0 Å². The topological polar surface area (TPSA) is 9.23 Å². The first-order chi connectivity index (χ1) is 7.36. The molecule has 80 valence electrons. The smallest absolute Gasteiger partial charge is 0.119 e. The minimum absolute atomic E-state index is 0.135. The molecular weight excluding hydrogens is 299 g/mol. The summed E-state index contributed by atoms with van der Waals surface area (Å²) in [6, 6.07) is 9.87. The Labute approximate surface area is 101 Å². The van der Waals surface area contributed by atoms with E-state index in [1.807, 2.05) is 49.4 Å². The molecule has 0 fully saturated rings. The van der Waals surface area contributed by atoms with Crippen LogP contribution in [-0.4, -0.2) is 11.1 Å². The molecule has 0 amide bonds. The molecule has 0 aromatic heterocycles. The van der Waals surface area contributed by atoms with E-state index in [1.54, 1.807) is 0 Å². The van der Waals surface area contributed by atoms with Crippen molar-refractivity contribution in [2.75, 3.05) is 6.61 Å². The molecule has 0 saturated carbocycles. The second-order valence-corrected chi connectivity index (χ2v) is 5.02. The number of hydrogen-bond acceptors (Lipinski definition) is 1. The number of benzene rings is 1. The quantitative estimate of drug-likeness (QED) is 0.591. The van der Waals surface area contributed by atoms with Gasteiger partial charge in [0.05, 0.1) is 0 Å². The summed E-state index contributed by atoms with van der Waals surface area (Å²) in [5.74, 6) is 0.918. The maximum atomic E-state index is 5.64. The summed E-state index contributed by atoms with van der Waals surface area (Å²) in [5, 5.41) is 0. The molecule has 15 heavy (non-hydrogen) atoms. The predicted molar refractivity (Wildman–Crippen MR) is 76.0 cm³/mol. The highest BCUT2D eigenvalue weighted by Crippen LogP contribution is 2.15. The van der Waals surface area contributed by atoms with Crippen molar-refractivity contribution in [2.24, 2.45) is 0 Å². The van der Waals surface area contributed by atoms with Gasteiger partial charge in [0.25, 0.3) is 0 Å². The zero-order valence-corrected chi connectivity index (χ0v) is 11.0. The van der Waals surface area contributed by atoms with E-state index in [2.05, 4.69) is 10.6 Å². The van der Waals surface area contributed by atoms with Gasteiger partial charge in [-0.15, -0.1) is 0 Å². The SMILES string of the molecule is C=I/C(=C\C=C/C)COc1ccccc1. The fraction of sp³-hybridized carbons (Fsp3) is 0.154. The van der Waals surface area contributed by atoms with Gasteiger partial charge < -0.3 is 4.74 Å². The maximum Gasteiger partial charge on any atom is 0.119 e. The molecule has 0 radical (unpaired) electrons. The van der Waals surface area contributed by atoms with E-state index in [1.165, 1.54) is 3.58 Å². The van der Waals surface area contributed by atoms with Gasteiger partial charge in [0.1, 0.15) is 12.4 Å². The van der Waals surface area contributed by atoms with Gasteiger partial charge in [-0.05, 0) is 19.1 Å². The van der Waals surface area contributed by atoms with Crippen LogP contribution in [0, 0.1) is 0 Å². The zero-order chi connectivity index (χ0) is 10.9. The Hall–Kier alpha value is -0.900. The molecule has 1 rings (SSSR count). The molecule has 1 nitrogen and oxygen atoms in total. The second-order valence-electron chi connectivity index (χ2n) is 2.87. The molecule has 1 aromatic rings. The molecular formula is C13H15IO. The summed E-state index contributed by atoms with van der Waals surface area (Å²) in [4.78, 5) is 0. The molecule has 2 heteroatoms. The van der Waals surface area contributed by atoms with Crippen molar-refractivity contribution >= 4 is 25.2 Å². The van der Waals surface area contributed by atoms with Crippen LogP contribution in [0.2, 0.25) is 0 Å². The van der Waals surface area contributed by atoms with E-state index in [9.17, 15) is 0 Å². The molecule has 1 aromatic carbocycles. The van der Waals surface area contributed by atoms with Crippen molar-refractivity contribution in [3.05, 3.63) is 52.1 Å². The fourth-order valence-corrected chi connectivity index (χ4v) is 1.84. The first kappa shape index (κ1) is 12.2. The van der Waals surface area contributed by atoms with Crippen LogP contribution in [0.3, 0.4) is 0 Å². The Balaban J connectivity index is 2.52. The minimum atomic E-state index is -0.135. The van der Waals surface area contributed by atoms with Crippen LogP contribution in [-0.2, 0) is 0 Å². The van der Waals surface area contributed by atoms with Crippen molar-refractivity contribution in [1.29, 1.82) is 0 Å². The van der Waals surface area contributed by atoms with Gasteiger partial charge in [-0.1, -0.05) is 61.7 Å². The Morgan fingerprint density at radius 1 is 1.40 bits per heavy atom. The lowest BCUT2D eigenvalue weighted by molar-refractivity contribution is 0.361. The van der Waals surface area contributed by atoms with Gasteiger partial charge >= 0.3 is 0 Å². The van der Waals surface area contributed by atoms with Crippen LogP contribution >= 0.6 is 20.7 Å². The summed E-state index contributed by atoms with van der Waals surface area (Å²) >= 11 is -0.135. The average molecular weight is 314 g/mol. The summed E-state index contributed by atoms with van der Waals surface area (Å²) in [7, 11) is 0. The lowest BCUT2D eigenvalue weighted by Crippen LogP contribution is -1.96. The van der Waals surface area contributed by atoms with Crippen molar-refractivity contribution in [3.8, 4) is 5.75 Å². The van der Waals surface area contributed by atoms with Crippen LogP contribution in [0.1, 0.15) is 6.92 Å². The molecule has 0 spiro atoms. The molecule has 0 N–H and O–H groups in total. The Bertz CT molecular complexity index is 352. The van der Waals surface area contributed by atoms with E-state index in [4.69, 9.17) is 4.74 Å². The molecule has 0 heterocycles. The second kappa shape index (κ2) is 7.40. The standard InChI is InChI=1S/C13H15IO/c1-3-4-8-12(14-2)11-15-13-9-6-5-7-10-13/h3-10H,2,11H2,1H3/b4-3-,12-8-. The van der Waals surface area contributed by atoms with Gasteiger partial charge in [-0.3, -0.25) is 0 Å². The first-order valence-electron chi connectivity index (χ1n) is 4.75. The highest BCUT2D eigenvalue weighted by molar-refractivity contribution is 14.2. The van der Waals surface area contributed by atoms with Gasteiger partial charge in [-0.25, -0.2) is 0 Å². The van der Waals surface area contributed by atoms with E-state index in [0.717, 1.165) is 5.75 Å². The van der Waals surface area contributed by atoms with Crippen LogP contribution in [0.4, 0.5) is 0 Å². The lowest BCUT2D eigenvalue weighted by Gasteiger charge is -2.05. The number of rotatable bonds is 5. The van der Waals surface area contributed by atoms with Crippen molar-refractivity contribution in [2.45, 2.75) is 6.92 Å². The number of hydrogen-bond donors (Lipinski definition) is 0. The summed E-state index contributed by atoms with van der Waals surface area (Å²) < 4.78 is 10.9. The van der Waals surface area contributed by atoms with Crippen LogP contribution in [0.5, 0.6) is 5.75 Å². The summed E-state index contributed by atoms with van der Waals surface area (Å²) in [5.41, 5.74) is 0. The van der Waals surface area contributed by atoms with E-state index >= 15 is 0 Å². The average Bonchev–Trinajstić information content (AvgIpc) is 2.31. The molecule has 0 bridgehead atoms. The predicted octanol–water partition coefficient (Wildman–Crippen LogP) is 3.93. The Morgan fingerprint density at radius 3 is 2.73 bits per heavy atom. The molecule has 0 atom stereocenters. The third-order valence-corrected chi connectivity index (χ3v) is 3.41. The number of halogens is 1. The fourth-order valence-electron chi connectivity index (χ4n) is 1.00. The van der Waals surface area contributed by atoms with Crippen LogP contribution in [0.25, 0.3) is 0 Å². The van der Waals surface area contributed by atoms with Crippen LogP contribution < -0.4 is 4.74 Å². The molecule has 0 unspecified atom stereocenters. The monoisotopic (exact) mass is 314 g/mol. The Kier molecular flexibility index (Phi) is 6.00. The third kappa shape index (κ3) is 4.93. The van der Waals surface area contributed by atoms with Crippen molar-refractivity contribution < 1.29 is 4.74 Å². The van der Waals surface area contributed by atoms with E-state index in [0.29, 0.717) is 6.61 Å². The van der Waals surface area contributed by atoms with Gasteiger partial charge in [0.15, 0.2) is 0 Å². The van der Waals surface area contributed by atoms with Gasteiger partial charge in [0.2, 0.25) is 0 Å². The van der Waals surface area contributed by atoms with Crippen molar-refractivity contribution in [1.82, 2.24) is 0 Å². The number of para-hydroxylation sites is 1. The number of ether oxygens (including phenoxy) is 1. The molecule has 0 saturated heterocycles. The first-order valence-corrected chi connectivity index (χ1v) is 7.35. The molecule has 0 aliphatic carbocycles. The lowest BCUT2D eigenvalue weighted by atomic mass is 10.3. The summed E-state index contributed by atoms with van der Waals surface area (Å²) in [6.07, 6.45) is 6.15. The van der Waals surface area contributed by atoms with Gasteiger partial charge in [0, 0.05) is 3.58 Å². The van der Waals surface area contributed by atoms with Crippen molar-refractivity contribution in [3.63, 3.8) is 0 Å². The highest BCUT2D eigenvalue weighted by atomic mass is 127. The number of allylic oxidation sites excluding steroid dienone is 3. The normalized spacial score (nSPS) is 11.9. The third-order valence-electron chi connectivity index (χ3n) is 1.76. The Morgan fingerprint density at radius 2 is 2.13 bits per heavy atom. The highest BCUT2D eigenvalue weighted by Gasteiger charge is 1.93. The maximum absolute atomic E-state index is 5.64. The van der Waals surface area contributed by atoms with Gasteiger partial charge in [-0.2, -0.15) is 0 Å². The molecule has 0 aliphatic rings. The minimum Gasteiger partial charge on any atom is -0.488 e.